The third-order valence-electron chi connectivity index (χ3n) is 17.8. The first-order chi connectivity index (χ1) is 45.4. The summed E-state index contributed by atoms with van der Waals surface area (Å²) in [7, 11) is -9.91. The maximum atomic E-state index is 13.1. The van der Waals surface area contributed by atoms with E-state index >= 15 is 0 Å². The molecule has 0 rings (SSSR count). The van der Waals surface area contributed by atoms with E-state index in [1.165, 1.54) is 205 Å². The zero-order valence-electron chi connectivity index (χ0n) is 61.3. The second kappa shape index (κ2) is 66.9. The van der Waals surface area contributed by atoms with Crippen LogP contribution in [0.3, 0.4) is 0 Å². The van der Waals surface area contributed by atoms with Crippen molar-refractivity contribution in [3.05, 3.63) is 0 Å². The van der Waals surface area contributed by atoms with Gasteiger partial charge in [-0.3, -0.25) is 37.3 Å². The maximum Gasteiger partial charge on any atom is 0.472 e. The largest absolute Gasteiger partial charge is 0.472 e. The highest BCUT2D eigenvalue weighted by Crippen LogP contribution is 2.45. The van der Waals surface area contributed by atoms with Crippen molar-refractivity contribution in [2.75, 3.05) is 39.6 Å². The zero-order valence-corrected chi connectivity index (χ0v) is 63.1. The van der Waals surface area contributed by atoms with Gasteiger partial charge in [0.2, 0.25) is 0 Å². The van der Waals surface area contributed by atoms with E-state index in [-0.39, 0.29) is 25.7 Å². The topological polar surface area (TPSA) is 237 Å². The summed E-state index contributed by atoms with van der Waals surface area (Å²) in [6.07, 6.45) is 54.2. The van der Waals surface area contributed by atoms with Gasteiger partial charge < -0.3 is 33.8 Å². The molecule has 0 saturated heterocycles. The fourth-order valence-corrected chi connectivity index (χ4v) is 13.0. The number of aliphatic hydroxyl groups excluding tert-OH is 1. The van der Waals surface area contributed by atoms with E-state index in [2.05, 4.69) is 41.5 Å². The monoisotopic (exact) mass is 1380 g/mol. The molecular weight excluding hydrogens is 1230 g/mol. The van der Waals surface area contributed by atoms with Crippen LogP contribution in [-0.2, 0) is 65.4 Å². The minimum Gasteiger partial charge on any atom is -0.462 e. The second-order valence-corrected chi connectivity index (χ2v) is 30.7. The summed E-state index contributed by atoms with van der Waals surface area (Å²) < 4.78 is 68.4. The van der Waals surface area contributed by atoms with E-state index in [0.717, 1.165) is 102 Å². The molecule has 3 N–H and O–H groups in total. The summed E-state index contributed by atoms with van der Waals surface area (Å²) in [6.45, 7) is 9.53. The lowest BCUT2D eigenvalue weighted by Gasteiger charge is -2.21. The molecule has 0 spiro atoms. The van der Waals surface area contributed by atoms with Gasteiger partial charge in [0.05, 0.1) is 26.4 Å². The van der Waals surface area contributed by atoms with Crippen molar-refractivity contribution < 1.29 is 80.2 Å². The van der Waals surface area contributed by atoms with Crippen LogP contribution >= 0.6 is 15.6 Å². The fourth-order valence-electron chi connectivity index (χ4n) is 11.4. The number of carbonyl (C=O) groups excluding carboxylic acids is 4. The molecule has 19 heteroatoms. The van der Waals surface area contributed by atoms with Gasteiger partial charge in [-0.15, -0.1) is 0 Å². The lowest BCUT2D eigenvalue weighted by atomic mass is 10.00. The molecular formula is C75H146O17P2. The molecule has 0 aromatic rings. The van der Waals surface area contributed by atoms with E-state index in [4.69, 9.17) is 37.0 Å². The Kier molecular flexibility index (Phi) is 65.5. The van der Waals surface area contributed by atoms with Crippen molar-refractivity contribution in [1.82, 2.24) is 0 Å². The first-order valence-corrected chi connectivity index (χ1v) is 42.0. The summed E-state index contributed by atoms with van der Waals surface area (Å²) in [4.78, 5) is 72.7. The number of esters is 4. The Balaban J connectivity index is 5.20. The van der Waals surface area contributed by atoms with Crippen molar-refractivity contribution >= 4 is 39.5 Å². The number of aliphatic hydroxyl groups is 1. The number of carbonyl (C=O) groups is 4. The predicted molar refractivity (Wildman–Crippen MR) is 381 cm³/mol. The molecule has 0 aliphatic carbocycles. The standard InChI is InChI=1S/C75H146O17P2/c1-7-10-12-14-16-18-20-21-22-23-24-25-26-27-28-31-36-40-47-53-59-74(79)91-70(63-85-73(78)58-52-46-39-35-32-29-30-33-37-43-49-55-67(4)5)65-89-93(81,82)87-61-69(76)62-88-94(83,84)90-66-71(92-75(80)60-54-48-42-41-44-50-56-68(6)9-3)64-86-72(77)57-51-45-38-34-19-17-15-13-11-8-2/h67-71,76H,7-66H2,1-6H3,(H,81,82)(H,83,84)/t68?,69-,70-,71-/m1/s1. The van der Waals surface area contributed by atoms with Gasteiger partial charge in [-0.1, -0.05) is 337 Å². The van der Waals surface area contributed by atoms with Gasteiger partial charge in [0.1, 0.15) is 19.3 Å². The Hall–Kier alpha value is -1.94. The fraction of sp³-hybridized carbons (Fsp3) is 0.947. The third-order valence-corrected chi connectivity index (χ3v) is 19.7. The predicted octanol–water partition coefficient (Wildman–Crippen LogP) is 21.9. The molecule has 0 bridgehead atoms. The second-order valence-electron chi connectivity index (χ2n) is 27.8. The van der Waals surface area contributed by atoms with Gasteiger partial charge >= 0.3 is 39.5 Å². The molecule has 3 unspecified atom stereocenters. The van der Waals surface area contributed by atoms with Gasteiger partial charge in [0.25, 0.3) is 0 Å². The van der Waals surface area contributed by atoms with E-state index in [9.17, 15) is 43.2 Å². The lowest BCUT2D eigenvalue weighted by Crippen LogP contribution is -2.30. The molecule has 0 aromatic heterocycles. The van der Waals surface area contributed by atoms with Crippen molar-refractivity contribution in [3.8, 4) is 0 Å². The van der Waals surface area contributed by atoms with E-state index < -0.39 is 97.5 Å². The Labute approximate surface area is 575 Å². The highest BCUT2D eigenvalue weighted by molar-refractivity contribution is 7.47. The maximum absolute atomic E-state index is 13.1. The van der Waals surface area contributed by atoms with E-state index in [0.29, 0.717) is 25.7 Å². The van der Waals surface area contributed by atoms with E-state index in [1.807, 2.05) is 0 Å². The first-order valence-electron chi connectivity index (χ1n) is 39.0. The minimum atomic E-state index is -4.96. The van der Waals surface area contributed by atoms with Gasteiger partial charge in [0, 0.05) is 25.7 Å². The molecule has 0 aliphatic heterocycles. The van der Waals surface area contributed by atoms with Gasteiger partial charge in [-0.2, -0.15) is 0 Å². The van der Waals surface area contributed by atoms with Crippen LogP contribution in [-0.4, -0.2) is 96.7 Å². The molecule has 0 aliphatic rings. The van der Waals surface area contributed by atoms with Crippen LogP contribution in [0.15, 0.2) is 0 Å². The summed E-state index contributed by atoms with van der Waals surface area (Å²) in [5, 5.41) is 10.6. The number of hydrogen-bond acceptors (Lipinski definition) is 15. The normalized spacial score (nSPS) is 14.3. The Morgan fingerprint density at radius 2 is 0.543 bits per heavy atom. The van der Waals surface area contributed by atoms with Crippen LogP contribution in [0.25, 0.3) is 0 Å². The molecule has 0 radical (unpaired) electrons. The zero-order chi connectivity index (χ0) is 69.3. The van der Waals surface area contributed by atoms with Crippen molar-refractivity contribution in [3.63, 3.8) is 0 Å². The number of hydrogen-bond donors (Lipinski definition) is 3. The Morgan fingerprint density at radius 1 is 0.309 bits per heavy atom. The molecule has 0 amide bonds. The van der Waals surface area contributed by atoms with Crippen molar-refractivity contribution in [1.29, 1.82) is 0 Å². The summed E-state index contributed by atoms with van der Waals surface area (Å²) in [5.74, 6) is -0.629. The highest BCUT2D eigenvalue weighted by atomic mass is 31.2. The molecule has 17 nitrogen and oxygen atoms in total. The SMILES string of the molecule is CCCCCCCCCCCCCCCCCCCCCCC(=O)O[C@H](COC(=O)CCCCCCCCCCCCCC(C)C)COP(=O)(O)OC[C@@H](O)COP(=O)(O)OC[C@@H](COC(=O)CCCCCCCCCCCC)OC(=O)CCCCCCCCC(C)CC. The van der Waals surface area contributed by atoms with E-state index in [1.54, 1.807) is 0 Å². The van der Waals surface area contributed by atoms with Crippen LogP contribution < -0.4 is 0 Å². The molecule has 0 aromatic carbocycles. The van der Waals surface area contributed by atoms with Crippen LogP contribution in [0.5, 0.6) is 0 Å². The lowest BCUT2D eigenvalue weighted by molar-refractivity contribution is -0.161. The summed E-state index contributed by atoms with van der Waals surface area (Å²) >= 11 is 0. The molecule has 0 saturated carbocycles. The van der Waals surface area contributed by atoms with Gasteiger partial charge in [-0.05, 0) is 37.5 Å². The van der Waals surface area contributed by atoms with Crippen molar-refractivity contribution in [2.24, 2.45) is 11.8 Å². The Morgan fingerprint density at radius 3 is 0.809 bits per heavy atom. The summed E-state index contributed by atoms with van der Waals surface area (Å²) in [5.41, 5.74) is 0. The smallest absolute Gasteiger partial charge is 0.462 e. The van der Waals surface area contributed by atoms with Gasteiger partial charge in [0.15, 0.2) is 12.2 Å². The van der Waals surface area contributed by atoms with Gasteiger partial charge in [-0.25, -0.2) is 9.13 Å². The van der Waals surface area contributed by atoms with Crippen molar-refractivity contribution in [2.45, 2.75) is 407 Å². The number of phosphoric acid groups is 2. The summed E-state index contributed by atoms with van der Waals surface area (Å²) in [6, 6.07) is 0. The Bertz CT molecular complexity index is 1820. The molecule has 0 heterocycles. The van der Waals surface area contributed by atoms with Crippen LogP contribution in [0.2, 0.25) is 0 Å². The number of rotatable bonds is 74. The minimum absolute atomic E-state index is 0.103. The average molecular weight is 1380 g/mol. The van der Waals surface area contributed by atoms with Crippen LogP contribution in [0.1, 0.15) is 388 Å². The first kappa shape index (κ1) is 92.1. The van der Waals surface area contributed by atoms with Crippen LogP contribution in [0.4, 0.5) is 0 Å². The quantitative estimate of drug-likeness (QED) is 0.0222. The number of ether oxygens (including phenoxy) is 4. The third kappa shape index (κ3) is 67.3. The highest BCUT2D eigenvalue weighted by Gasteiger charge is 2.30. The number of phosphoric ester groups is 2. The van der Waals surface area contributed by atoms with Crippen LogP contribution in [0, 0.1) is 11.8 Å². The molecule has 94 heavy (non-hydrogen) atoms. The molecule has 6 atom stereocenters. The average Bonchev–Trinajstić information content (AvgIpc) is 1.28. The number of unbranched alkanes of at least 4 members (excludes halogenated alkanes) is 43. The molecule has 558 valence electrons. The molecule has 0 fully saturated rings.